The Bertz CT molecular complexity index is 350. The quantitative estimate of drug-likeness (QED) is 0.475. The van der Waals surface area contributed by atoms with Crippen LogP contribution in [0.4, 0.5) is 0 Å². The molecule has 0 unspecified atom stereocenters. The summed E-state index contributed by atoms with van der Waals surface area (Å²) in [7, 11) is 6.25. The average Bonchev–Trinajstić information content (AvgIpc) is 2.12. The van der Waals surface area contributed by atoms with Crippen LogP contribution in [0.1, 0.15) is 10.4 Å². The van der Waals surface area contributed by atoms with Gasteiger partial charge in [0.25, 0.3) is 0 Å². The van der Waals surface area contributed by atoms with Gasteiger partial charge in [0.15, 0.2) is 0 Å². The highest BCUT2D eigenvalue weighted by Crippen LogP contribution is 2.32. The Labute approximate surface area is 93.0 Å². The smallest absolute Gasteiger partial charge is 0.335 e. The number of aromatic carboxylic acids is 1. The Hall–Kier alpha value is -1.95. The minimum atomic E-state index is -1.32. The monoisotopic (exact) mass is 229 g/mol. The second kappa shape index (κ2) is 5.82. The number of phenols is 2. The molecular weight excluding hydrogens is 214 g/mol. The first-order valence-corrected chi connectivity index (χ1v) is 4.48. The van der Waals surface area contributed by atoms with Gasteiger partial charge in [-0.3, -0.25) is 0 Å². The molecule has 0 bridgehead atoms. The normalized spacial score (nSPS) is 9.50. The molecule has 1 aromatic rings. The topological polar surface area (TPSA) is 105 Å². The van der Waals surface area contributed by atoms with Crippen molar-refractivity contribution in [3.05, 3.63) is 17.7 Å². The molecule has 6 heteroatoms. The Morgan fingerprint density at radius 3 is 1.75 bits per heavy atom. The van der Waals surface area contributed by atoms with Crippen molar-refractivity contribution in [2.24, 2.45) is 0 Å². The molecule has 0 spiro atoms. The molecular formula is C10H15NO5. The van der Waals surface area contributed by atoms with Gasteiger partial charge in [-0.25, -0.2) is 4.79 Å². The number of hydrogen-bond donors (Lipinski definition) is 4. The zero-order valence-corrected chi connectivity index (χ0v) is 9.31. The van der Waals surface area contributed by atoms with E-state index in [1.54, 1.807) is 0 Å². The number of carboxylic acids is 1. The van der Waals surface area contributed by atoms with Crippen LogP contribution in [-0.2, 0) is 0 Å². The van der Waals surface area contributed by atoms with Crippen LogP contribution in [0.2, 0.25) is 0 Å². The molecule has 0 radical (unpaired) electrons. The standard InChI is InChI=1S/C7H6O5.C3H9N/c8-4-1-3(7(11)12)2-5(9)6(4)10;1-4(2)3/h1-2,8-10H,(H,11,12);1-3H3. The lowest BCUT2D eigenvalue weighted by atomic mass is 10.2. The molecule has 90 valence electrons. The number of carboxylic acid groups (broad SMARTS) is 1. The Balaban J connectivity index is 0.000000487. The molecule has 1 rings (SSSR count). The molecule has 0 aliphatic heterocycles. The Morgan fingerprint density at radius 1 is 1.19 bits per heavy atom. The number of aromatic hydroxyl groups is 2. The average molecular weight is 229 g/mol. The van der Waals surface area contributed by atoms with Crippen LogP contribution in [0.25, 0.3) is 0 Å². The van der Waals surface area contributed by atoms with Crippen LogP contribution in [0.5, 0.6) is 17.2 Å². The van der Waals surface area contributed by atoms with Crippen molar-refractivity contribution >= 4 is 5.97 Å². The van der Waals surface area contributed by atoms with Crippen molar-refractivity contribution in [1.82, 2.24) is 0 Å². The number of benzene rings is 1. The Morgan fingerprint density at radius 2 is 1.50 bits per heavy atom. The SMILES string of the molecule is C[NH+](C)C.O=C(O)c1cc(O)c([O-])c(O)c1. The van der Waals surface area contributed by atoms with E-state index in [0.717, 1.165) is 12.1 Å². The van der Waals surface area contributed by atoms with Crippen molar-refractivity contribution in [3.63, 3.8) is 0 Å². The summed E-state index contributed by atoms with van der Waals surface area (Å²) in [6.45, 7) is 0. The summed E-state index contributed by atoms with van der Waals surface area (Å²) in [6.07, 6.45) is 0. The van der Waals surface area contributed by atoms with Gasteiger partial charge in [0, 0.05) is 0 Å². The third kappa shape index (κ3) is 4.52. The van der Waals surface area contributed by atoms with E-state index in [-0.39, 0.29) is 5.56 Å². The summed E-state index contributed by atoms with van der Waals surface area (Å²) < 4.78 is 0. The zero-order valence-electron chi connectivity index (χ0n) is 9.31. The van der Waals surface area contributed by atoms with Gasteiger partial charge >= 0.3 is 5.97 Å². The summed E-state index contributed by atoms with van der Waals surface area (Å²) in [6, 6.07) is 1.56. The lowest BCUT2D eigenvalue weighted by Crippen LogP contribution is -3.02. The van der Waals surface area contributed by atoms with Crippen molar-refractivity contribution in [2.75, 3.05) is 21.1 Å². The van der Waals surface area contributed by atoms with Gasteiger partial charge in [0.05, 0.1) is 26.7 Å². The van der Waals surface area contributed by atoms with Gasteiger partial charge in [-0.2, -0.15) is 0 Å². The van der Waals surface area contributed by atoms with Crippen LogP contribution < -0.4 is 10.0 Å². The summed E-state index contributed by atoms with van der Waals surface area (Å²) in [5, 5.41) is 36.6. The summed E-state index contributed by atoms with van der Waals surface area (Å²) in [4.78, 5) is 11.7. The molecule has 0 atom stereocenters. The molecule has 0 heterocycles. The molecule has 0 aliphatic rings. The van der Waals surface area contributed by atoms with Gasteiger partial charge in [-0.05, 0) is 17.9 Å². The third-order valence-electron chi connectivity index (χ3n) is 1.30. The number of carbonyl (C=O) groups is 1. The molecule has 1 aromatic carbocycles. The Kier molecular flexibility index (Phi) is 5.11. The maximum atomic E-state index is 10.7. The van der Waals surface area contributed by atoms with E-state index in [0.29, 0.717) is 0 Å². The number of quaternary nitrogens is 1. The van der Waals surface area contributed by atoms with Crippen LogP contribution in [0, 0.1) is 0 Å². The molecule has 16 heavy (non-hydrogen) atoms. The maximum absolute atomic E-state index is 10.7. The molecule has 0 saturated heterocycles. The highest BCUT2D eigenvalue weighted by molar-refractivity contribution is 5.89. The fourth-order valence-electron chi connectivity index (χ4n) is 0.722. The first kappa shape index (κ1) is 14.1. The molecule has 0 aromatic heterocycles. The fourth-order valence-corrected chi connectivity index (χ4v) is 0.722. The van der Waals surface area contributed by atoms with Crippen molar-refractivity contribution in [2.45, 2.75) is 0 Å². The molecule has 6 nitrogen and oxygen atoms in total. The third-order valence-corrected chi connectivity index (χ3v) is 1.30. The minimum absolute atomic E-state index is 0.329. The zero-order chi connectivity index (χ0) is 12.9. The lowest BCUT2D eigenvalue weighted by Gasteiger charge is -2.10. The summed E-state index contributed by atoms with van der Waals surface area (Å²) in [5.41, 5.74) is -0.329. The van der Waals surface area contributed by atoms with E-state index in [2.05, 4.69) is 21.1 Å². The predicted molar refractivity (Wildman–Crippen MR) is 54.9 cm³/mol. The number of rotatable bonds is 1. The summed E-state index contributed by atoms with van der Waals surface area (Å²) >= 11 is 0. The van der Waals surface area contributed by atoms with E-state index in [1.165, 1.54) is 4.90 Å². The van der Waals surface area contributed by atoms with E-state index >= 15 is 0 Å². The van der Waals surface area contributed by atoms with Crippen LogP contribution in [0.3, 0.4) is 0 Å². The molecule has 4 N–H and O–H groups in total. The van der Waals surface area contributed by atoms with Gasteiger partial charge in [0.1, 0.15) is 11.5 Å². The largest absolute Gasteiger partial charge is 0.867 e. The first-order valence-electron chi connectivity index (χ1n) is 4.48. The predicted octanol–water partition coefficient (Wildman–Crippen LogP) is -1.37. The van der Waals surface area contributed by atoms with Crippen LogP contribution in [0.15, 0.2) is 12.1 Å². The highest BCUT2D eigenvalue weighted by atomic mass is 16.4. The van der Waals surface area contributed by atoms with Crippen molar-refractivity contribution in [3.8, 4) is 17.2 Å². The van der Waals surface area contributed by atoms with Gasteiger partial charge in [-0.1, -0.05) is 0 Å². The highest BCUT2D eigenvalue weighted by Gasteiger charge is 2.07. The van der Waals surface area contributed by atoms with E-state index in [9.17, 15) is 9.90 Å². The number of nitrogens with one attached hydrogen (secondary N) is 1. The first-order chi connectivity index (χ1) is 7.25. The maximum Gasteiger partial charge on any atom is 0.335 e. The fraction of sp³-hybridized carbons (Fsp3) is 0.300. The van der Waals surface area contributed by atoms with E-state index < -0.39 is 23.2 Å². The van der Waals surface area contributed by atoms with Crippen molar-refractivity contribution in [1.29, 1.82) is 0 Å². The molecule has 0 aliphatic carbocycles. The number of phenolic OH excluding ortho intramolecular Hbond substituents is 2. The van der Waals surface area contributed by atoms with E-state index in [4.69, 9.17) is 15.3 Å². The van der Waals surface area contributed by atoms with Gasteiger partial charge in [0.2, 0.25) is 0 Å². The lowest BCUT2D eigenvalue weighted by molar-refractivity contribution is -0.836. The number of hydrogen-bond acceptors (Lipinski definition) is 4. The van der Waals surface area contributed by atoms with Gasteiger partial charge < -0.3 is 25.3 Å². The molecule has 0 fully saturated rings. The van der Waals surface area contributed by atoms with Crippen LogP contribution in [-0.4, -0.2) is 42.4 Å². The van der Waals surface area contributed by atoms with Crippen molar-refractivity contribution < 1.29 is 30.1 Å². The molecule has 0 amide bonds. The van der Waals surface area contributed by atoms with Crippen LogP contribution >= 0.6 is 0 Å². The summed E-state index contributed by atoms with van der Waals surface area (Å²) in [5.74, 6) is -3.83. The van der Waals surface area contributed by atoms with E-state index in [1.807, 2.05) is 0 Å². The second-order valence-electron chi connectivity index (χ2n) is 3.65. The molecule has 0 saturated carbocycles. The van der Waals surface area contributed by atoms with Gasteiger partial charge in [-0.15, -0.1) is 0 Å². The second-order valence-corrected chi connectivity index (χ2v) is 3.65. The minimum Gasteiger partial charge on any atom is -0.867 e.